The number of carbonyl (C=O) groups is 3. The van der Waals surface area contributed by atoms with Crippen molar-refractivity contribution in [3.05, 3.63) is 41.7 Å². The molecule has 35 heavy (non-hydrogen) atoms. The number of hydrogen-bond acceptors (Lipinski definition) is 5. The Hall–Kier alpha value is -3.16. The normalized spacial score (nSPS) is 26.4. The van der Waals surface area contributed by atoms with Crippen LogP contribution in [-0.2, 0) is 19.1 Å². The molecule has 2 N–H and O–H groups in total. The lowest BCUT2D eigenvalue weighted by Gasteiger charge is -2.55. The van der Waals surface area contributed by atoms with Gasteiger partial charge in [-0.3, -0.25) is 14.4 Å². The zero-order valence-electron chi connectivity index (χ0n) is 20.5. The summed E-state index contributed by atoms with van der Waals surface area (Å²) in [4.78, 5) is 37.6. The van der Waals surface area contributed by atoms with E-state index in [2.05, 4.69) is 15.7 Å². The number of aryl methyl sites for hydroxylation is 1. The van der Waals surface area contributed by atoms with Crippen LogP contribution in [0.5, 0.6) is 0 Å². The van der Waals surface area contributed by atoms with Crippen LogP contribution < -0.4 is 10.6 Å². The van der Waals surface area contributed by atoms with Crippen LogP contribution in [0.1, 0.15) is 56.3 Å². The summed E-state index contributed by atoms with van der Waals surface area (Å²) in [6.45, 7) is 3.56. The highest BCUT2D eigenvalue weighted by Crippen LogP contribution is 2.60. The van der Waals surface area contributed by atoms with Crippen molar-refractivity contribution in [3.8, 4) is 5.69 Å². The molecule has 0 spiro atoms. The first-order valence-electron chi connectivity index (χ1n) is 12.7. The zero-order valence-corrected chi connectivity index (χ0v) is 20.5. The Morgan fingerprint density at radius 3 is 2.29 bits per heavy atom. The molecule has 1 aromatic heterocycles. The maximum Gasteiger partial charge on any atom is 0.308 e. The molecule has 1 aromatic carbocycles. The lowest BCUT2D eigenvalue weighted by molar-refractivity contribution is -0.148. The van der Waals surface area contributed by atoms with E-state index in [1.807, 2.05) is 44.2 Å². The number of rotatable bonds is 8. The highest BCUT2D eigenvalue weighted by atomic mass is 16.5. The van der Waals surface area contributed by atoms with Crippen LogP contribution in [0.2, 0.25) is 0 Å². The fraction of sp³-hybridized carbons (Fsp3) is 0.556. The topological polar surface area (TPSA) is 102 Å². The van der Waals surface area contributed by atoms with Crippen molar-refractivity contribution in [2.45, 2.75) is 58.8 Å². The molecule has 0 saturated heterocycles. The second kappa shape index (κ2) is 9.47. The summed E-state index contributed by atoms with van der Waals surface area (Å²) in [6.07, 6.45) is 6.89. The van der Waals surface area contributed by atoms with E-state index in [-0.39, 0.29) is 30.9 Å². The molecule has 8 heteroatoms. The fourth-order valence-electron chi connectivity index (χ4n) is 6.89. The molecule has 8 nitrogen and oxygen atoms in total. The molecule has 2 amide bonds. The van der Waals surface area contributed by atoms with E-state index in [4.69, 9.17) is 4.74 Å². The van der Waals surface area contributed by atoms with Crippen molar-refractivity contribution in [2.75, 3.05) is 18.5 Å². The van der Waals surface area contributed by atoms with E-state index in [1.54, 1.807) is 4.68 Å². The first-order valence-corrected chi connectivity index (χ1v) is 12.7. The first-order chi connectivity index (χ1) is 16.8. The minimum absolute atomic E-state index is 0.0510. The van der Waals surface area contributed by atoms with Crippen LogP contribution in [0.15, 0.2) is 30.3 Å². The van der Waals surface area contributed by atoms with Gasteiger partial charge in [0.2, 0.25) is 5.91 Å². The van der Waals surface area contributed by atoms with Gasteiger partial charge in [0.15, 0.2) is 6.61 Å². The van der Waals surface area contributed by atoms with Crippen molar-refractivity contribution in [1.82, 2.24) is 15.1 Å². The summed E-state index contributed by atoms with van der Waals surface area (Å²) in [5.41, 5.74) is 2.76. The summed E-state index contributed by atoms with van der Waals surface area (Å²) in [7, 11) is 0. The Labute approximate surface area is 205 Å². The van der Waals surface area contributed by atoms with E-state index in [1.165, 1.54) is 19.3 Å². The second-order valence-corrected chi connectivity index (χ2v) is 10.7. The highest BCUT2D eigenvalue weighted by Gasteiger charge is 2.54. The molecule has 2 aromatic rings. The molecule has 6 rings (SSSR count). The number of amides is 2. The average Bonchev–Trinajstić information content (AvgIpc) is 3.10. The van der Waals surface area contributed by atoms with Crippen LogP contribution in [0.25, 0.3) is 5.69 Å². The molecule has 0 aliphatic heterocycles. The van der Waals surface area contributed by atoms with E-state index >= 15 is 0 Å². The van der Waals surface area contributed by atoms with Crippen molar-refractivity contribution in [1.29, 1.82) is 0 Å². The van der Waals surface area contributed by atoms with Crippen LogP contribution >= 0.6 is 0 Å². The third-order valence-corrected chi connectivity index (χ3v) is 8.06. The smallest absolute Gasteiger partial charge is 0.308 e. The van der Waals surface area contributed by atoms with Gasteiger partial charge >= 0.3 is 5.97 Å². The van der Waals surface area contributed by atoms with Gasteiger partial charge in [-0.1, -0.05) is 18.2 Å². The number of aromatic nitrogens is 2. The summed E-state index contributed by atoms with van der Waals surface area (Å²) in [5, 5.41) is 10.3. The van der Waals surface area contributed by atoms with Gasteiger partial charge in [-0.15, -0.1) is 0 Å². The van der Waals surface area contributed by atoms with Gasteiger partial charge in [-0.25, -0.2) is 4.68 Å². The van der Waals surface area contributed by atoms with E-state index in [0.29, 0.717) is 29.1 Å². The Kier molecular flexibility index (Phi) is 6.38. The molecule has 1 heterocycles. The molecule has 0 radical (unpaired) electrons. The van der Waals surface area contributed by atoms with Crippen LogP contribution in [-0.4, -0.2) is 40.7 Å². The minimum Gasteiger partial charge on any atom is -0.456 e. The molecule has 0 unspecified atom stereocenters. The number of nitrogens with one attached hydrogen (secondary N) is 2. The molecule has 4 aliphatic rings. The molecule has 4 aliphatic carbocycles. The molecule has 4 saturated carbocycles. The van der Waals surface area contributed by atoms with E-state index < -0.39 is 11.9 Å². The molecule has 4 fully saturated rings. The average molecular weight is 479 g/mol. The van der Waals surface area contributed by atoms with Crippen molar-refractivity contribution >= 4 is 23.5 Å². The number of esters is 1. The van der Waals surface area contributed by atoms with Crippen LogP contribution in [0.4, 0.5) is 5.69 Å². The zero-order chi connectivity index (χ0) is 24.6. The molecular formula is C27H34N4O4. The quantitative estimate of drug-likeness (QED) is 0.564. The molecule has 186 valence electrons. The van der Waals surface area contributed by atoms with E-state index in [0.717, 1.165) is 30.6 Å². The van der Waals surface area contributed by atoms with Gasteiger partial charge in [0.1, 0.15) is 0 Å². The minimum atomic E-state index is -0.501. The Morgan fingerprint density at radius 1 is 1.03 bits per heavy atom. The first kappa shape index (κ1) is 23.6. The predicted molar refractivity (Wildman–Crippen MR) is 131 cm³/mol. The van der Waals surface area contributed by atoms with Crippen molar-refractivity contribution < 1.29 is 19.1 Å². The van der Waals surface area contributed by atoms with Gasteiger partial charge in [-0.05, 0) is 82.3 Å². The third-order valence-electron chi connectivity index (χ3n) is 8.06. The maximum atomic E-state index is 13.0. The SMILES string of the molecule is Cc1nn(-c2ccccc2)c(C)c1NC(=O)COC(=O)CCNC(=O)C12CC3CC(CC(C3)C1)C2. The summed E-state index contributed by atoms with van der Waals surface area (Å²) in [5.74, 6) is 1.27. The Bertz CT molecular complexity index is 1090. The third kappa shape index (κ3) is 4.83. The van der Waals surface area contributed by atoms with Crippen LogP contribution in [0, 0.1) is 37.0 Å². The Morgan fingerprint density at radius 2 is 1.66 bits per heavy atom. The predicted octanol–water partition coefficient (Wildman–Crippen LogP) is 3.69. The van der Waals surface area contributed by atoms with Gasteiger partial charge in [-0.2, -0.15) is 5.10 Å². The number of ether oxygens (including phenoxy) is 1. The van der Waals surface area contributed by atoms with Crippen molar-refractivity contribution in [3.63, 3.8) is 0 Å². The highest BCUT2D eigenvalue weighted by molar-refractivity contribution is 5.94. The number of anilines is 1. The van der Waals surface area contributed by atoms with Gasteiger partial charge in [0.25, 0.3) is 5.91 Å². The monoisotopic (exact) mass is 478 g/mol. The molecule has 4 bridgehead atoms. The molecular weight excluding hydrogens is 444 g/mol. The number of benzene rings is 1. The van der Waals surface area contributed by atoms with Gasteiger partial charge < -0.3 is 15.4 Å². The lowest BCUT2D eigenvalue weighted by atomic mass is 9.49. The van der Waals surface area contributed by atoms with Crippen molar-refractivity contribution in [2.24, 2.45) is 23.2 Å². The largest absolute Gasteiger partial charge is 0.456 e. The number of para-hydroxylation sites is 1. The lowest BCUT2D eigenvalue weighted by Crippen LogP contribution is -2.53. The summed E-state index contributed by atoms with van der Waals surface area (Å²) < 4.78 is 6.92. The summed E-state index contributed by atoms with van der Waals surface area (Å²) in [6, 6.07) is 9.66. The van der Waals surface area contributed by atoms with Crippen LogP contribution in [0.3, 0.4) is 0 Å². The number of nitrogens with zero attached hydrogens (tertiary/aromatic N) is 2. The Balaban J connectivity index is 1.07. The summed E-state index contributed by atoms with van der Waals surface area (Å²) >= 11 is 0. The molecule has 0 atom stereocenters. The van der Waals surface area contributed by atoms with Gasteiger partial charge in [0.05, 0.1) is 29.2 Å². The fourth-order valence-corrected chi connectivity index (χ4v) is 6.89. The second-order valence-electron chi connectivity index (χ2n) is 10.7. The number of carbonyl (C=O) groups excluding carboxylic acids is 3. The standard InChI is InChI=1S/C27H34N4O4/c1-17-25(18(2)31(30-17)22-6-4-3-5-7-22)29-23(32)16-35-24(33)8-9-28-26(34)27-13-19-10-20(14-27)12-21(11-19)15-27/h3-7,19-21H,8-16H2,1-2H3,(H,28,34)(H,29,32). The van der Waals surface area contributed by atoms with E-state index in [9.17, 15) is 14.4 Å². The number of hydrogen-bond donors (Lipinski definition) is 2. The van der Waals surface area contributed by atoms with Gasteiger partial charge in [0, 0.05) is 12.0 Å². The maximum absolute atomic E-state index is 13.0.